The third-order valence-electron chi connectivity index (χ3n) is 10.7. The van der Waals surface area contributed by atoms with Gasteiger partial charge >= 0.3 is 0 Å². The molecule has 0 N–H and O–H groups in total. The molecule has 3 aromatic heterocycles. The molecular weight excluding hydrogens is 474 g/mol. The Balaban J connectivity index is 1.23. The number of nitrogens with zero attached hydrogens (tertiary/aromatic N) is 3. The SMILES string of the molecule is Cc1cn2c(c1C(C)CC1CCCn3c1cc(C)c3C(C)CC1CCCc3c1cc(C)n3C(C)C)CCCC2. The van der Waals surface area contributed by atoms with Crippen molar-refractivity contribution in [2.24, 2.45) is 0 Å². The minimum Gasteiger partial charge on any atom is -0.351 e. The van der Waals surface area contributed by atoms with Gasteiger partial charge in [0, 0.05) is 53.8 Å². The monoisotopic (exact) mass is 527 g/mol. The van der Waals surface area contributed by atoms with Crippen molar-refractivity contribution in [3.63, 3.8) is 0 Å². The van der Waals surface area contributed by atoms with E-state index in [4.69, 9.17) is 0 Å². The Morgan fingerprint density at radius 1 is 0.769 bits per heavy atom. The van der Waals surface area contributed by atoms with Crippen molar-refractivity contribution >= 4 is 0 Å². The van der Waals surface area contributed by atoms with Gasteiger partial charge in [-0.05, 0) is 157 Å². The number of aryl methyl sites for hydroxylation is 4. The highest BCUT2D eigenvalue weighted by Gasteiger charge is 2.32. The minimum absolute atomic E-state index is 0.561. The number of rotatable bonds is 7. The molecule has 0 amide bonds. The summed E-state index contributed by atoms with van der Waals surface area (Å²) in [6.45, 7) is 19.3. The van der Waals surface area contributed by atoms with E-state index in [-0.39, 0.29) is 0 Å². The number of hydrogen-bond donors (Lipinski definition) is 0. The molecule has 0 saturated carbocycles. The maximum Gasteiger partial charge on any atom is 0.0279 e. The second-order valence-corrected chi connectivity index (χ2v) is 14.0. The predicted molar refractivity (Wildman–Crippen MR) is 165 cm³/mol. The lowest BCUT2D eigenvalue weighted by molar-refractivity contribution is 0.395. The summed E-state index contributed by atoms with van der Waals surface area (Å²) in [5.74, 6) is 2.64. The highest BCUT2D eigenvalue weighted by molar-refractivity contribution is 5.38. The lowest BCUT2D eigenvalue weighted by Gasteiger charge is -2.31. The Morgan fingerprint density at radius 2 is 1.51 bits per heavy atom. The van der Waals surface area contributed by atoms with E-state index in [1.165, 1.54) is 88.6 Å². The Labute approximate surface area is 238 Å². The standard InChI is InChI=1S/C36H53N3/c1-23(2)39-28(7)21-31-29(12-10-15-32(31)39)19-25(4)36-26(5)20-34-30(13-11-17-38(34)36)18-24(3)35-27(6)22-37-16-9-8-14-33(35)37/h20-25,29-30H,8-19H2,1-7H3. The molecule has 3 aromatic rings. The normalized spacial score (nSPS) is 22.5. The van der Waals surface area contributed by atoms with Gasteiger partial charge in [-0.3, -0.25) is 0 Å². The summed E-state index contributed by atoms with van der Waals surface area (Å²) in [6, 6.07) is 5.69. The van der Waals surface area contributed by atoms with Crippen LogP contribution in [-0.2, 0) is 25.9 Å². The molecule has 5 heterocycles. The maximum atomic E-state index is 2.79. The summed E-state index contributed by atoms with van der Waals surface area (Å²) in [5.41, 5.74) is 14.5. The van der Waals surface area contributed by atoms with E-state index in [0.717, 1.165) is 0 Å². The van der Waals surface area contributed by atoms with Crippen LogP contribution in [0.15, 0.2) is 18.3 Å². The lowest BCUT2D eigenvalue weighted by atomic mass is 9.80. The first-order valence-electron chi connectivity index (χ1n) is 16.3. The smallest absolute Gasteiger partial charge is 0.0279 e. The average molecular weight is 528 g/mol. The van der Waals surface area contributed by atoms with Crippen molar-refractivity contribution in [3.8, 4) is 0 Å². The van der Waals surface area contributed by atoms with Gasteiger partial charge in [0.05, 0.1) is 0 Å². The second-order valence-electron chi connectivity index (χ2n) is 14.0. The third-order valence-corrected chi connectivity index (χ3v) is 10.7. The van der Waals surface area contributed by atoms with E-state index in [1.54, 1.807) is 39.5 Å². The molecule has 212 valence electrons. The number of hydrogen-bond acceptors (Lipinski definition) is 0. The summed E-state index contributed by atoms with van der Waals surface area (Å²) in [5, 5.41) is 0. The van der Waals surface area contributed by atoms with Crippen molar-refractivity contribution in [1.29, 1.82) is 0 Å². The van der Waals surface area contributed by atoms with Gasteiger partial charge < -0.3 is 13.7 Å². The summed E-state index contributed by atoms with van der Waals surface area (Å²) in [7, 11) is 0. The van der Waals surface area contributed by atoms with Gasteiger partial charge in [0.2, 0.25) is 0 Å². The molecule has 0 aromatic carbocycles. The number of fused-ring (bicyclic) bond motifs is 3. The van der Waals surface area contributed by atoms with Crippen molar-refractivity contribution in [3.05, 3.63) is 69.1 Å². The Bertz CT molecular complexity index is 1330. The molecule has 0 radical (unpaired) electrons. The van der Waals surface area contributed by atoms with Crippen molar-refractivity contribution in [1.82, 2.24) is 13.7 Å². The van der Waals surface area contributed by atoms with Crippen LogP contribution in [0.3, 0.4) is 0 Å². The summed E-state index contributed by atoms with van der Waals surface area (Å²) in [4.78, 5) is 0. The van der Waals surface area contributed by atoms with E-state index >= 15 is 0 Å². The van der Waals surface area contributed by atoms with E-state index in [9.17, 15) is 0 Å². The Kier molecular flexibility index (Phi) is 7.40. The zero-order valence-electron chi connectivity index (χ0n) is 25.9. The van der Waals surface area contributed by atoms with Crippen LogP contribution in [0.5, 0.6) is 0 Å². The van der Waals surface area contributed by atoms with E-state index in [1.807, 2.05) is 0 Å². The molecule has 3 aliphatic rings. The summed E-state index contributed by atoms with van der Waals surface area (Å²) >= 11 is 0. The highest BCUT2D eigenvalue weighted by Crippen LogP contribution is 2.45. The molecule has 3 heteroatoms. The lowest BCUT2D eigenvalue weighted by Crippen LogP contribution is -2.21. The van der Waals surface area contributed by atoms with Crippen LogP contribution in [0.25, 0.3) is 0 Å². The molecule has 4 atom stereocenters. The van der Waals surface area contributed by atoms with Crippen LogP contribution in [0.2, 0.25) is 0 Å². The first-order valence-corrected chi connectivity index (χ1v) is 16.3. The Morgan fingerprint density at radius 3 is 2.31 bits per heavy atom. The van der Waals surface area contributed by atoms with Gasteiger partial charge in [-0.25, -0.2) is 0 Å². The van der Waals surface area contributed by atoms with Crippen LogP contribution >= 0.6 is 0 Å². The molecule has 4 unspecified atom stereocenters. The van der Waals surface area contributed by atoms with Crippen LogP contribution in [0.4, 0.5) is 0 Å². The molecule has 6 rings (SSSR count). The minimum atomic E-state index is 0.561. The quantitative estimate of drug-likeness (QED) is 0.290. The molecule has 2 aliphatic heterocycles. The first kappa shape index (κ1) is 27.0. The van der Waals surface area contributed by atoms with Gasteiger partial charge in [-0.2, -0.15) is 0 Å². The van der Waals surface area contributed by atoms with Crippen LogP contribution in [0, 0.1) is 20.8 Å². The van der Waals surface area contributed by atoms with Crippen molar-refractivity contribution < 1.29 is 0 Å². The summed E-state index contributed by atoms with van der Waals surface area (Å²) < 4.78 is 7.98. The third kappa shape index (κ3) is 4.76. The average Bonchev–Trinajstić information content (AvgIpc) is 3.53. The van der Waals surface area contributed by atoms with Crippen LogP contribution < -0.4 is 0 Å². The Hall–Kier alpha value is -2.16. The molecule has 3 nitrogen and oxygen atoms in total. The van der Waals surface area contributed by atoms with Crippen LogP contribution in [-0.4, -0.2) is 13.7 Å². The molecule has 0 spiro atoms. The second kappa shape index (κ2) is 10.7. The highest BCUT2D eigenvalue weighted by atomic mass is 15.0. The molecule has 0 bridgehead atoms. The van der Waals surface area contributed by atoms with E-state index < -0.39 is 0 Å². The topological polar surface area (TPSA) is 14.8 Å². The van der Waals surface area contributed by atoms with Crippen LogP contribution in [0.1, 0.15) is 159 Å². The van der Waals surface area contributed by atoms with Crippen molar-refractivity contribution in [2.45, 2.75) is 155 Å². The van der Waals surface area contributed by atoms with E-state index in [2.05, 4.69) is 80.5 Å². The van der Waals surface area contributed by atoms with Gasteiger partial charge in [0.1, 0.15) is 0 Å². The summed E-state index contributed by atoms with van der Waals surface area (Å²) in [6.07, 6.45) is 15.6. The first-order chi connectivity index (χ1) is 18.7. The van der Waals surface area contributed by atoms with Gasteiger partial charge in [-0.1, -0.05) is 13.8 Å². The van der Waals surface area contributed by atoms with Gasteiger partial charge in [0.25, 0.3) is 0 Å². The fourth-order valence-corrected chi connectivity index (χ4v) is 9.41. The van der Waals surface area contributed by atoms with Crippen molar-refractivity contribution in [2.75, 3.05) is 0 Å². The van der Waals surface area contributed by atoms with E-state index in [0.29, 0.717) is 29.7 Å². The fraction of sp³-hybridized carbons (Fsp3) is 0.667. The molecule has 0 saturated heterocycles. The van der Waals surface area contributed by atoms with Gasteiger partial charge in [-0.15, -0.1) is 0 Å². The molecule has 0 fully saturated rings. The molecular formula is C36H53N3. The zero-order valence-corrected chi connectivity index (χ0v) is 25.9. The zero-order chi connectivity index (χ0) is 27.4. The fourth-order valence-electron chi connectivity index (χ4n) is 9.41. The largest absolute Gasteiger partial charge is 0.351 e. The maximum absolute atomic E-state index is 2.79. The molecule has 1 aliphatic carbocycles. The number of aromatic nitrogens is 3. The van der Waals surface area contributed by atoms with Gasteiger partial charge in [0.15, 0.2) is 0 Å². The molecule has 39 heavy (non-hydrogen) atoms. The predicted octanol–water partition coefficient (Wildman–Crippen LogP) is 9.62.